The summed E-state index contributed by atoms with van der Waals surface area (Å²) in [6.07, 6.45) is 0. The lowest BCUT2D eigenvalue weighted by atomic mass is 10.3. The Hall–Kier alpha value is -0.450. The van der Waals surface area contributed by atoms with E-state index in [2.05, 4.69) is 0 Å². The van der Waals surface area contributed by atoms with E-state index in [4.69, 9.17) is 28.0 Å². The van der Waals surface area contributed by atoms with Gasteiger partial charge in [0, 0.05) is 10.7 Å². The quantitative estimate of drug-likeness (QED) is 0.587. The molecule has 0 heterocycles. The minimum Gasteiger partial charge on any atom is -0.398 e. The first kappa shape index (κ1) is 9.64. The maximum Gasteiger partial charge on any atom is 0.264 e. The summed E-state index contributed by atoms with van der Waals surface area (Å²) in [4.78, 5) is -0.228. The van der Waals surface area contributed by atoms with Crippen LogP contribution in [0.2, 0.25) is 5.02 Å². The van der Waals surface area contributed by atoms with Crippen LogP contribution in [0, 0.1) is 0 Å². The predicted molar refractivity (Wildman–Crippen MR) is 48.9 cm³/mol. The molecule has 0 saturated heterocycles. The molecule has 0 bridgehead atoms. The summed E-state index contributed by atoms with van der Waals surface area (Å²) in [5.74, 6) is 0. The molecule has 0 saturated carbocycles. The van der Waals surface area contributed by atoms with Gasteiger partial charge >= 0.3 is 0 Å². The third kappa shape index (κ3) is 1.83. The first-order valence-electron chi connectivity index (χ1n) is 2.91. The zero-order valence-corrected chi connectivity index (χ0v) is 8.12. The average Bonchev–Trinajstić information content (AvgIpc) is 1.82. The summed E-state index contributed by atoms with van der Waals surface area (Å²) in [7, 11) is 1.23. The van der Waals surface area contributed by atoms with Crippen LogP contribution in [0.5, 0.6) is 0 Å². The summed E-state index contributed by atoms with van der Waals surface area (Å²) in [6, 6.07) is 4.37. The normalized spacial score (nSPS) is 11.5. The Labute approximate surface area is 79.5 Å². The fourth-order valence-corrected chi connectivity index (χ4v) is 2.55. The Balaban J connectivity index is 3.53. The van der Waals surface area contributed by atoms with Crippen LogP contribution in [-0.2, 0) is 9.05 Å². The van der Waals surface area contributed by atoms with E-state index >= 15 is 0 Å². The van der Waals surface area contributed by atoms with E-state index in [-0.39, 0.29) is 15.6 Å². The maximum atomic E-state index is 10.9. The molecule has 0 amide bonds. The summed E-state index contributed by atoms with van der Waals surface area (Å²) in [5.41, 5.74) is 5.41. The van der Waals surface area contributed by atoms with Crippen molar-refractivity contribution in [3.8, 4) is 0 Å². The van der Waals surface area contributed by atoms with Crippen molar-refractivity contribution in [3.63, 3.8) is 0 Å². The van der Waals surface area contributed by atoms with Crippen molar-refractivity contribution in [1.82, 2.24) is 0 Å². The molecule has 0 aliphatic heterocycles. The number of nitrogens with two attached hydrogens (primary N) is 1. The molecule has 2 N–H and O–H groups in total. The van der Waals surface area contributed by atoms with Gasteiger partial charge in [-0.3, -0.25) is 0 Å². The maximum absolute atomic E-state index is 10.9. The van der Waals surface area contributed by atoms with E-state index in [1.807, 2.05) is 0 Å². The molecule has 1 aromatic carbocycles. The SMILES string of the molecule is Nc1cccc(Cl)c1S(=O)(=O)Cl. The van der Waals surface area contributed by atoms with E-state index in [1.54, 1.807) is 6.07 Å². The summed E-state index contributed by atoms with van der Waals surface area (Å²) >= 11 is 5.57. The second kappa shape index (κ2) is 3.12. The molecular weight excluding hydrogens is 221 g/mol. The van der Waals surface area contributed by atoms with Gasteiger partial charge in [0.2, 0.25) is 0 Å². The molecule has 1 rings (SSSR count). The Bertz CT molecular complexity index is 382. The van der Waals surface area contributed by atoms with Gasteiger partial charge in [-0.05, 0) is 12.1 Å². The topological polar surface area (TPSA) is 60.2 Å². The highest BCUT2D eigenvalue weighted by Crippen LogP contribution is 2.29. The standard InChI is InChI=1S/C6H5Cl2NO2S/c7-4-2-1-3-5(9)6(4)12(8,10)11/h1-3H,9H2. The smallest absolute Gasteiger partial charge is 0.264 e. The minimum atomic E-state index is -3.85. The van der Waals surface area contributed by atoms with Crippen LogP contribution in [0.15, 0.2) is 23.1 Å². The van der Waals surface area contributed by atoms with E-state index in [0.29, 0.717) is 0 Å². The van der Waals surface area contributed by atoms with Crippen molar-refractivity contribution >= 4 is 37.0 Å². The van der Waals surface area contributed by atoms with Crippen molar-refractivity contribution in [1.29, 1.82) is 0 Å². The van der Waals surface area contributed by atoms with E-state index in [9.17, 15) is 8.42 Å². The van der Waals surface area contributed by atoms with Crippen molar-refractivity contribution in [2.24, 2.45) is 0 Å². The molecule has 0 aliphatic rings. The lowest BCUT2D eigenvalue weighted by Gasteiger charge is -2.02. The molecular formula is C6H5Cl2NO2S. The zero-order chi connectivity index (χ0) is 9.35. The average molecular weight is 226 g/mol. The number of rotatable bonds is 1. The molecule has 0 radical (unpaired) electrons. The van der Waals surface area contributed by atoms with Crippen LogP contribution >= 0.6 is 22.3 Å². The van der Waals surface area contributed by atoms with Crippen molar-refractivity contribution in [3.05, 3.63) is 23.2 Å². The van der Waals surface area contributed by atoms with E-state index in [0.717, 1.165) is 0 Å². The van der Waals surface area contributed by atoms with E-state index in [1.165, 1.54) is 12.1 Å². The number of anilines is 1. The Morgan fingerprint density at radius 2 is 1.92 bits per heavy atom. The van der Waals surface area contributed by atoms with Crippen molar-refractivity contribution < 1.29 is 8.42 Å². The van der Waals surface area contributed by atoms with Gasteiger partial charge in [-0.2, -0.15) is 0 Å². The van der Waals surface area contributed by atoms with Crippen LogP contribution in [-0.4, -0.2) is 8.42 Å². The highest BCUT2D eigenvalue weighted by molar-refractivity contribution is 8.14. The first-order valence-corrected chi connectivity index (χ1v) is 5.60. The Morgan fingerprint density at radius 3 is 2.25 bits per heavy atom. The molecule has 3 nitrogen and oxygen atoms in total. The van der Waals surface area contributed by atoms with Crippen LogP contribution in [0.4, 0.5) is 5.69 Å². The third-order valence-electron chi connectivity index (χ3n) is 1.24. The molecule has 0 aromatic heterocycles. The van der Waals surface area contributed by atoms with Crippen LogP contribution in [0.3, 0.4) is 0 Å². The summed E-state index contributed by atoms with van der Waals surface area (Å²) in [6.45, 7) is 0. The Kier molecular flexibility index (Phi) is 2.51. The number of benzene rings is 1. The van der Waals surface area contributed by atoms with Crippen molar-refractivity contribution in [2.75, 3.05) is 5.73 Å². The largest absolute Gasteiger partial charge is 0.398 e. The van der Waals surface area contributed by atoms with Gasteiger partial charge in [0.15, 0.2) is 0 Å². The molecule has 0 aliphatic carbocycles. The molecule has 12 heavy (non-hydrogen) atoms. The van der Waals surface area contributed by atoms with Gasteiger partial charge in [0.1, 0.15) is 4.90 Å². The van der Waals surface area contributed by atoms with Gasteiger partial charge in [0.05, 0.1) is 10.7 Å². The molecule has 0 atom stereocenters. The molecule has 1 aromatic rings. The molecule has 0 unspecified atom stereocenters. The number of hydrogen-bond acceptors (Lipinski definition) is 3. The molecule has 0 spiro atoms. The van der Waals surface area contributed by atoms with Gasteiger partial charge in [-0.25, -0.2) is 8.42 Å². The monoisotopic (exact) mass is 225 g/mol. The number of nitrogen functional groups attached to an aromatic ring is 1. The fraction of sp³-hybridized carbons (Fsp3) is 0. The van der Waals surface area contributed by atoms with Crippen LogP contribution < -0.4 is 5.73 Å². The lowest BCUT2D eigenvalue weighted by molar-refractivity contribution is 0.610. The zero-order valence-electron chi connectivity index (χ0n) is 5.79. The van der Waals surface area contributed by atoms with E-state index < -0.39 is 9.05 Å². The first-order chi connectivity index (χ1) is 5.43. The third-order valence-corrected chi connectivity index (χ3v) is 3.07. The lowest BCUT2D eigenvalue weighted by Crippen LogP contribution is -1.98. The Morgan fingerprint density at radius 1 is 1.33 bits per heavy atom. The van der Waals surface area contributed by atoms with Gasteiger partial charge in [-0.15, -0.1) is 0 Å². The highest BCUT2D eigenvalue weighted by Gasteiger charge is 2.17. The predicted octanol–water partition coefficient (Wildman–Crippen LogP) is 1.85. The second-order valence-corrected chi connectivity index (χ2v) is 5.01. The van der Waals surface area contributed by atoms with Gasteiger partial charge in [-0.1, -0.05) is 17.7 Å². The van der Waals surface area contributed by atoms with Crippen LogP contribution in [0.25, 0.3) is 0 Å². The molecule has 66 valence electrons. The summed E-state index contributed by atoms with van der Waals surface area (Å²) < 4.78 is 21.8. The fourth-order valence-electron chi connectivity index (χ4n) is 0.783. The molecule has 6 heteroatoms. The van der Waals surface area contributed by atoms with Crippen molar-refractivity contribution in [2.45, 2.75) is 4.90 Å². The molecule has 0 fully saturated rings. The second-order valence-electron chi connectivity index (χ2n) is 2.10. The number of halogens is 2. The minimum absolute atomic E-state index is 0.0324. The van der Waals surface area contributed by atoms with Crippen LogP contribution in [0.1, 0.15) is 0 Å². The van der Waals surface area contributed by atoms with Gasteiger partial charge in [0.25, 0.3) is 9.05 Å². The summed E-state index contributed by atoms with van der Waals surface area (Å²) in [5, 5.41) is 0.0324. The number of hydrogen-bond donors (Lipinski definition) is 1. The highest BCUT2D eigenvalue weighted by atomic mass is 35.7. The van der Waals surface area contributed by atoms with Gasteiger partial charge < -0.3 is 5.73 Å².